The van der Waals surface area contributed by atoms with E-state index in [4.69, 9.17) is 5.11 Å². The normalized spacial score (nSPS) is 18.4. The van der Waals surface area contributed by atoms with Gasteiger partial charge in [-0.3, -0.25) is 4.90 Å². The van der Waals surface area contributed by atoms with E-state index in [-0.39, 0.29) is 6.61 Å². The first-order valence-electron chi connectivity index (χ1n) is 5.07. The van der Waals surface area contributed by atoms with Crippen molar-refractivity contribution in [2.75, 3.05) is 19.6 Å². The molecule has 0 radical (unpaired) electrons. The largest absolute Gasteiger partial charge is 0.390 e. The Hall–Kier alpha value is -0.940. The number of hydrogen-bond acceptors (Lipinski definition) is 4. The van der Waals surface area contributed by atoms with E-state index in [1.54, 1.807) is 0 Å². The van der Waals surface area contributed by atoms with Crippen LogP contribution in [0.4, 0.5) is 0 Å². The number of hydrogen-bond donors (Lipinski definition) is 1. The molecule has 0 atom stereocenters. The molecule has 2 heterocycles. The summed E-state index contributed by atoms with van der Waals surface area (Å²) in [6, 6.07) is 0.453. The predicted molar refractivity (Wildman–Crippen MR) is 51.7 cm³/mol. The van der Waals surface area contributed by atoms with Crippen LogP contribution in [0.3, 0.4) is 0 Å². The van der Waals surface area contributed by atoms with Crippen LogP contribution in [0.5, 0.6) is 0 Å². The molecule has 1 saturated heterocycles. The molecule has 78 valence electrons. The first-order valence-corrected chi connectivity index (χ1v) is 5.07. The summed E-state index contributed by atoms with van der Waals surface area (Å²) in [6.07, 6.45) is 3.03. The summed E-state index contributed by atoms with van der Waals surface area (Å²) < 4.78 is 1.86. The summed E-state index contributed by atoms with van der Waals surface area (Å²) in [7, 11) is 0. The maximum Gasteiger partial charge on any atom is 0.108 e. The van der Waals surface area contributed by atoms with E-state index in [0.717, 1.165) is 19.6 Å². The minimum absolute atomic E-state index is 0.0224. The Balaban J connectivity index is 1.86. The van der Waals surface area contributed by atoms with Gasteiger partial charge in [0.15, 0.2) is 0 Å². The zero-order chi connectivity index (χ0) is 9.97. The van der Waals surface area contributed by atoms with Gasteiger partial charge in [0.2, 0.25) is 0 Å². The minimum Gasteiger partial charge on any atom is -0.390 e. The molecule has 1 aromatic rings. The Morgan fingerprint density at radius 2 is 2.36 bits per heavy atom. The third-order valence-electron chi connectivity index (χ3n) is 2.57. The van der Waals surface area contributed by atoms with Crippen molar-refractivity contribution < 1.29 is 5.11 Å². The Labute approximate surface area is 83.3 Å². The zero-order valence-corrected chi connectivity index (χ0v) is 8.43. The fraction of sp³-hybridized carbons (Fsp3) is 0.778. The molecule has 5 heteroatoms. The molecule has 1 aliphatic rings. The van der Waals surface area contributed by atoms with E-state index in [0.29, 0.717) is 11.7 Å². The number of nitrogens with zero attached hydrogens (tertiary/aromatic N) is 4. The van der Waals surface area contributed by atoms with Crippen molar-refractivity contribution in [2.24, 2.45) is 0 Å². The molecule has 14 heavy (non-hydrogen) atoms. The number of rotatable bonds is 4. The molecule has 1 fully saturated rings. The second-order valence-corrected chi connectivity index (χ2v) is 3.76. The summed E-state index contributed by atoms with van der Waals surface area (Å²) in [4.78, 5) is 2.39. The second kappa shape index (κ2) is 4.06. The van der Waals surface area contributed by atoms with Crippen LogP contribution in [0.25, 0.3) is 0 Å². The first kappa shape index (κ1) is 9.61. The fourth-order valence-corrected chi connectivity index (χ4v) is 1.77. The smallest absolute Gasteiger partial charge is 0.108 e. The van der Waals surface area contributed by atoms with Gasteiger partial charge in [-0.15, -0.1) is 5.10 Å². The molecule has 0 amide bonds. The Kier molecular flexibility index (Phi) is 2.79. The molecule has 1 aliphatic heterocycles. The molecule has 0 aliphatic carbocycles. The van der Waals surface area contributed by atoms with E-state index < -0.39 is 0 Å². The van der Waals surface area contributed by atoms with Gasteiger partial charge in [-0.1, -0.05) is 12.1 Å². The number of aliphatic hydroxyl groups excluding tert-OH is 1. The highest BCUT2D eigenvalue weighted by Crippen LogP contribution is 2.19. The van der Waals surface area contributed by atoms with Crippen molar-refractivity contribution in [1.82, 2.24) is 19.9 Å². The van der Waals surface area contributed by atoms with E-state index >= 15 is 0 Å². The van der Waals surface area contributed by atoms with Gasteiger partial charge in [0, 0.05) is 13.1 Å². The maximum absolute atomic E-state index is 8.83. The molecule has 2 rings (SSSR count). The predicted octanol–water partition coefficient (Wildman–Crippen LogP) is 0.0371. The lowest BCUT2D eigenvalue weighted by atomic mass is 10.1. The van der Waals surface area contributed by atoms with Crippen LogP contribution in [0.15, 0.2) is 6.20 Å². The molecule has 0 aromatic carbocycles. The molecular weight excluding hydrogens is 180 g/mol. The second-order valence-electron chi connectivity index (χ2n) is 3.76. The van der Waals surface area contributed by atoms with Crippen LogP contribution in [0.1, 0.15) is 25.1 Å². The van der Waals surface area contributed by atoms with Crippen LogP contribution in [-0.2, 0) is 6.61 Å². The van der Waals surface area contributed by atoms with Crippen LogP contribution < -0.4 is 0 Å². The number of aliphatic hydroxyl groups is 1. The van der Waals surface area contributed by atoms with E-state index in [1.807, 2.05) is 10.9 Å². The highest BCUT2D eigenvalue weighted by Gasteiger charge is 2.27. The van der Waals surface area contributed by atoms with E-state index in [9.17, 15) is 0 Å². The maximum atomic E-state index is 8.83. The van der Waals surface area contributed by atoms with Gasteiger partial charge in [-0.05, 0) is 13.0 Å². The quantitative estimate of drug-likeness (QED) is 0.738. The van der Waals surface area contributed by atoms with Gasteiger partial charge in [0.25, 0.3) is 0 Å². The third kappa shape index (κ3) is 1.78. The van der Waals surface area contributed by atoms with Crippen molar-refractivity contribution in [3.05, 3.63) is 11.9 Å². The van der Waals surface area contributed by atoms with Crippen molar-refractivity contribution in [3.8, 4) is 0 Å². The number of aromatic nitrogens is 3. The lowest BCUT2D eigenvalue weighted by molar-refractivity contribution is 0.0975. The van der Waals surface area contributed by atoms with Gasteiger partial charge in [0.05, 0.1) is 18.8 Å². The third-order valence-corrected chi connectivity index (χ3v) is 2.57. The lowest BCUT2D eigenvalue weighted by Crippen LogP contribution is -2.47. The summed E-state index contributed by atoms with van der Waals surface area (Å²) in [5, 5.41) is 16.7. The van der Waals surface area contributed by atoms with Gasteiger partial charge in [-0.25, -0.2) is 4.68 Å². The topological polar surface area (TPSA) is 54.2 Å². The summed E-state index contributed by atoms with van der Waals surface area (Å²) in [5.74, 6) is 0. The molecule has 0 spiro atoms. The lowest BCUT2D eigenvalue weighted by Gasteiger charge is -2.38. The van der Waals surface area contributed by atoms with Gasteiger partial charge >= 0.3 is 0 Å². The molecular formula is C9H16N4O. The van der Waals surface area contributed by atoms with E-state index in [1.165, 1.54) is 6.42 Å². The molecule has 1 aromatic heterocycles. The van der Waals surface area contributed by atoms with E-state index in [2.05, 4.69) is 22.1 Å². The highest BCUT2D eigenvalue weighted by atomic mass is 16.3. The summed E-state index contributed by atoms with van der Waals surface area (Å²) in [6.45, 7) is 5.44. The van der Waals surface area contributed by atoms with Gasteiger partial charge in [0.1, 0.15) is 5.69 Å². The van der Waals surface area contributed by atoms with Crippen molar-refractivity contribution in [2.45, 2.75) is 26.0 Å². The average molecular weight is 196 g/mol. The molecule has 0 saturated carbocycles. The zero-order valence-electron chi connectivity index (χ0n) is 8.43. The van der Waals surface area contributed by atoms with Crippen LogP contribution >= 0.6 is 0 Å². The Morgan fingerprint density at radius 1 is 1.57 bits per heavy atom. The summed E-state index contributed by atoms with van der Waals surface area (Å²) in [5.41, 5.74) is 0.652. The molecule has 0 bridgehead atoms. The summed E-state index contributed by atoms with van der Waals surface area (Å²) >= 11 is 0. The standard InChI is InChI=1S/C9H16N4O/c1-2-3-12-5-9(6-12)13-4-8(7-14)10-11-13/h4,9,14H,2-3,5-7H2,1H3. The first-order chi connectivity index (χ1) is 6.83. The Bertz CT molecular complexity index is 293. The fourth-order valence-electron chi connectivity index (χ4n) is 1.77. The SMILES string of the molecule is CCCN1CC(n2cc(CO)nn2)C1. The van der Waals surface area contributed by atoms with Crippen LogP contribution in [0, 0.1) is 0 Å². The van der Waals surface area contributed by atoms with Crippen molar-refractivity contribution in [1.29, 1.82) is 0 Å². The molecule has 1 N–H and O–H groups in total. The van der Waals surface area contributed by atoms with Crippen LogP contribution in [0.2, 0.25) is 0 Å². The number of likely N-dealkylation sites (tertiary alicyclic amines) is 1. The minimum atomic E-state index is -0.0224. The highest BCUT2D eigenvalue weighted by molar-refractivity contribution is 4.94. The van der Waals surface area contributed by atoms with Gasteiger partial charge in [-0.2, -0.15) is 0 Å². The molecule has 5 nitrogen and oxygen atoms in total. The van der Waals surface area contributed by atoms with Gasteiger partial charge < -0.3 is 5.11 Å². The van der Waals surface area contributed by atoms with Crippen molar-refractivity contribution in [3.63, 3.8) is 0 Å². The Morgan fingerprint density at radius 3 is 2.93 bits per heavy atom. The molecule has 0 unspecified atom stereocenters. The average Bonchev–Trinajstić information content (AvgIpc) is 2.58. The van der Waals surface area contributed by atoms with Crippen LogP contribution in [-0.4, -0.2) is 44.6 Å². The van der Waals surface area contributed by atoms with Crippen molar-refractivity contribution >= 4 is 0 Å². The monoisotopic (exact) mass is 196 g/mol.